The molecule has 14 heteroatoms. The predicted molar refractivity (Wildman–Crippen MR) is 105 cm³/mol. The topological polar surface area (TPSA) is 43.0 Å². The van der Waals surface area contributed by atoms with Gasteiger partial charge >= 0.3 is 19.1 Å². The van der Waals surface area contributed by atoms with Crippen molar-refractivity contribution in [3.63, 3.8) is 0 Å². The molecule has 3 rings (SSSR count). The van der Waals surface area contributed by atoms with Crippen LogP contribution in [0.1, 0.15) is 18.4 Å². The van der Waals surface area contributed by atoms with E-state index in [9.17, 15) is 39.5 Å². The zero-order valence-electron chi connectivity index (χ0n) is 17.7. The normalized spacial score (nSPS) is 15.7. The van der Waals surface area contributed by atoms with E-state index in [-0.39, 0.29) is 18.2 Å². The first kappa shape index (κ1) is 26.6. The van der Waals surface area contributed by atoms with Crippen molar-refractivity contribution in [3.8, 4) is 17.2 Å². The zero-order valence-corrected chi connectivity index (χ0v) is 17.7. The van der Waals surface area contributed by atoms with E-state index >= 15 is 0 Å². The molecule has 2 aromatic rings. The Bertz CT molecular complexity index is 934. The number of piperidine rings is 1. The number of nitrogens with one attached hydrogen (secondary N) is 1. The van der Waals surface area contributed by atoms with Crippen LogP contribution in [0.3, 0.4) is 0 Å². The molecule has 1 saturated heterocycles. The summed E-state index contributed by atoms with van der Waals surface area (Å²) in [5.41, 5.74) is 0.201. The van der Waals surface area contributed by atoms with Crippen molar-refractivity contribution >= 4 is 5.69 Å². The molecule has 0 spiro atoms. The van der Waals surface area contributed by atoms with Crippen molar-refractivity contribution in [2.75, 3.05) is 18.0 Å². The van der Waals surface area contributed by atoms with Gasteiger partial charge in [0.15, 0.2) is 0 Å². The van der Waals surface area contributed by atoms with Crippen molar-refractivity contribution in [3.05, 3.63) is 48.0 Å². The summed E-state index contributed by atoms with van der Waals surface area (Å²) in [4.78, 5) is 2.07. The Balaban J connectivity index is 1.81. The summed E-state index contributed by atoms with van der Waals surface area (Å²) >= 11 is 0. The van der Waals surface area contributed by atoms with Crippen LogP contribution in [-0.2, 0) is 6.54 Å². The molecule has 0 aromatic heterocycles. The van der Waals surface area contributed by atoms with Crippen LogP contribution >= 0.6 is 0 Å². The van der Waals surface area contributed by atoms with Crippen molar-refractivity contribution in [2.45, 2.75) is 44.5 Å². The SMILES string of the molecule is FC(F)(F)Oc1cc(OC(F)(F)F)c(CNC2CCN(c3ccccc3)CC2)c(OC(F)(F)F)c1. The highest BCUT2D eigenvalue weighted by molar-refractivity contribution is 5.51. The summed E-state index contributed by atoms with van der Waals surface area (Å²) in [6.07, 6.45) is -15.2. The Labute approximate surface area is 193 Å². The standard InChI is InChI=1S/C21H19F9N2O3/c22-19(23,24)33-15-10-17(34-20(25,26)27)16(18(11-15)35-21(28,29)30)12-31-13-6-8-32(9-7-13)14-4-2-1-3-5-14/h1-5,10-11,13,31H,6-9,12H2. The van der Waals surface area contributed by atoms with Gasteiger partial charge in [-0.15, -0.1) is 39.5 Å². The average molecular weight is 518 g/mol. The molecular formula is C21H19F9N2O3. The lowest BCUT2D eigenvalue weighted by Gasteiger charge is -2.34. The van der Waals surface area contributed by atoms with Crippen LogP contribution in [0.15, 0.2) is 42.5 Å². The molecule has 0 radical (unpaired) electrons. The van der Waals surface area contributed by atoms with E-state index in [1.165, 1.54) is 0 Å². The zero-order chi connectivity index (χ0) is 25.9. The van der Waals surface area contributed by atoms with Gasteiger partial charge in [-0.3, -0.25) is 0 Å². The molecule has 0 unspecified atom stereocenters. The fraction of sp³-hybridized carbons (Fsp3) is 0.429. The monoisotopic (exact) mass is 518 g/mol. The summed E-state index contributed by atoms with van der Waals surface area (Å²) in [5, 5.41) is 2.85. The van der Waals surface area contributed by atoms with Crippen LogP contribution < -0.4 is 24.4 Å². The molecule has 35 heavy (non-hydrogen) atoms. The van der Waals surface area contributed by atoms with E-state index in [1.54, 1.807) is 0 Å². The number of nitrogens with zero attached hydrogens (tertiary/aromatic N) is 1. The first-order valence-corrected chi connectivity index (χ1v) is 10.2. The Morgan fingerprint density at radius 3 is 1.69 bits per heavy atom. The van der Waals surface area contributed by atoms with E-state index < -0.39 is 48.4 Å². The van der Waals surface area contributed by atoms with E-state index in [0.29, 0.717) is 25.9 Å². The minimum absolute atomic E-state index is 0.208. The van der Waals surface area contributed by atoms with Crippen LogP contribution in [0.4, 0.5) is 45.2 Å². The molecule has 5 nitrogen and oxygen atoms in total. The van der Waals surface area contributed by atoms with Crippen LogP contribution in [0.2, 0.25) is 0 Å². The lowest BCUT2D eigenvalue weighted by molar-refractivity contribution is -0.278. The third kappa shape index (κ3) is 8.60. The fourth-order valence-corrected chi connectivity index (χ4v) is 3.62. The maximum absolute atomic E-state index is 12.9. The maximum atomic E-state index is 12.9. The Morgan fingerprint density at radius 1 is 0.743 bits per heavy atom. The van der Waals surface area contributed by atoms with E-state index in [2.05, 4.69) is 24.4 Å². The molecular weight excluding hydrogens is 499 g/mol. The van der Waals surface area contributed by atoms with Gasteiger partial charge in [-0.05, 0) is 25.0 Å². The Kier molecular flexibility index (Phi) is 7.82. The minimum Gasteiger partial charge on any atom is -0.406 e. The lowest BCUT2D eigenvalue weighted by Crippen LogP contribution is -2.42. The van der Waals surface area contributed by atoms with Gasteiger partial charge in [-0.25, -0.2) is 0 Å². The number of benzene rings is 2. The van der Waals surface area contributed by atoms with Crippen LogP contribution in [0, 0.1) is 0 Å². The lowest BCUT2D eigenvalue weighted by atomic mass is 10.0. The summed E-state index contributed by atoms with van der Waals surface area (Å²) in [7, 11) is 0. The van der Waals surface area contributed by atoms with Gasteiger partial charge < -0.3 is 24.4 Å². The molecule has 0 bridgehead atoms. The number of anilines is 1. The molecule has 0 saturated carbocycles. The van der Waals surface area contributed by atoms with Gasteiger partial charge in [0.1, 0.15) is 17.2 Å². The van der Waals surface area contributed by atoms with Crippen LogP contribution in [0.25, 0.3) is 0 Å². The number of hydrogen-bond acceptors (Lipinski definition) is 5. The number of ether oxygens (including phenoxy) is 3. The number of rotatable bonds is 7. The molecule has 0 amide bonds. The van der Waals surface area contributed by atoms with Gasteiger partial charge in [0, 0.05) is 43.5 Å². The molecule has 1 fully saturated rings. The molecule has 1 aliphatic rings. The second kappa shape index (κ2) is 10.3. The summed E-state index contributed by atoms with van der Waals surface area (Å²) in [5.74, 6) is -3.99. The molecule has 2 aromatic carbocycles. The quantitative estimate of drug-likeness (QED) is 0.446. The highest BCUT2D eigenvalue weighted by Gasteiger charge is 2.38. The first-order chi connectivity index (χ1) is 16.2. The third-order valence-electron chi connectivity index (χ3n) is 5.01. The number of hydrogen-bond donors (Lipinski definition) is 1. The van der Waals surface area contributed by atoms with Gasteiger partial charge in [0.2, 0.25) is 0 Å². The highest BCUT2D eigenvalue weighted by Crippen LogP contribution is 2.40. The second-order valence-corrected chi connectivity index (χ2v) is 7.52. The van der Waals surface area contributed by atoms with Gasteiger partial charge in [-0.2, -0.15) is 0 Å². The highest BCUT2D eigenvalue weighted by atomic mass is 19.4. The smallest absolute Gasteiger partial charge is 0.406 e. The van der Waals surface area contributed by atoms with Crippen molar-refractivity contribution in [1.29, 1.82) is 0 Å². The largest absolute Gasteiger partial charge is 0.573 e. The molecule has 1 aliphatic heterocycles. The van der Waals surface area contributed by atoms with Crippen molar-refractivity contribution in [1.82, 2.24) is 5.32 Å². The van der Waals surface area contributed by atoms with Crippen molar-refractivity contribution < 1.29 is 53.7 Å². The molecule has 194 valence electrons. The third-order valence-corrected chi connectivity index (χ3v) is 5.01. The van der Waals surface area contributed by atoms with E-state index in [4.69, 9.17) is 0 Å². The van der Waals surface area contributed by atoms with Crippen LogP contribution in [-0.4, -0.2) is 38.2 Å². The molecule has 0 aliphatic carbocycles. The fourth-order valence-electron chi connectivity index (χ4n) is 3.62. The maximum Gasteiger partial charge on any atom is 0.573 e. The summed E-state index contributed by atoms with van der Waals surface area (Å²) in [6.45, 7) is 0.537. The number of alkyl halides is 9. The van der Waals surface area contributed by atoms with E-state index in [1.807, 2.05) is 30.3 Å². The number of para-hydroxylation sites is 1. The van der Waals surface area contributed by atoms with Crippen molar-refractivity contribution in [2.24, 2.45) is 0 Å². The molecule has 0 atom stereocenters. The van der Waals surface area contributed by atoms with E-state index in [0.717, 1.165) is 5.69 Å². The second-order valence-electron chi connectivity index (χ2n) is 7.52. The van der Waals surface area contributed by atoms with Gasteiger partial charge in [0.25, 0.3) is 0 Å². The Hall–Kier alpha value is -3.03. The average Bonchev–Trinajstić information content (AvgIpc) is 2.71. The minimum atomic E-state index is -5.40. The first-order valence-electron chi connectivity index (χ1n) is 10.2. The predicted octanol–water partition coefficient (Wildman–Crippen LogP) is 6.14. The Morgan fingerprint density at radius 2 is 1.23 bits per heavy atom. The molecule has 1 heterocycles. The summed E-state index contributed by atoms with van der Waals surface area (Å²) < 4.78 is 126. The number of halogens is 9. The van der Waals surface area contributed by atoms with Crippen LogP contribution in [0.5, 0.6) is 17.2 Å². The van der Waals surface area contributed by atoms with Gasteiger partial charge in [-0.1, -0.05) is 18.2 Å². The summed E-state index contributed by atoms with van der Waals surface area (Å²) in [6, 6.07) is 9.49. The van der Waals surface area contributed by atoms with Gasteiger partial charge in [0.05, 0.1) is 5.56 Å². The molecule has 1 N–H and O–H groups in total.